The van der Waals surface area contributed by atoms with Crippen molar-refractivity contribution in [2.24, 2.45) is 0 Å². The maximum Gasteiger partial charge on any atom is 0.298 e. The van der Waals surface area contributed by atoms with Crippen LogP contribution in [0.2, 0.25) is 0 Å². The van der Waals surface area contributed by atoms with Crippen LogP contribution in [-0.4, -0.2) is 4.98 Å². The zero-order valence-electron chi connectivity index (χ0n) is 22.7. The van der Waals surface area contributed by atoms with E-state index in [1.165, 1.54) is 59.4 Å². The van der Waals surface area contributed by atoms with E-state index in [1.807, 2.05) is 11.3 Å². The molecule has 0 N–H and O–H groups in total. The van der Waals surface area contributed by atoms with Gasteiger partial charge >= 0.3 is 0 Å². The van der Waals surface area contributed by atoms with Gasteiger partial charge in [0.25, 0.3) is 5.82 Å². The number of hydrogen-bond donors (Lipinski definition) is 0. The Labute approximate surface area is 222 Å². The number of thiophene rings is 1. The zero-order valence-corrected chi connectivity index (χ0v) is 23.5. The summed E-state index contributed by atoms with van der Waals surface area (Å²) in [6.07, 6.45) is 0. The van der Waals surface area contributed by atoms with Gasteiger partial charge in [-0.2, -0.15) is 0 Å². The number of nitrogens with zero attached hydrogens (tertiary/aromatic N) is 2. The van der Waals surface area contributed by atoms with E-state index in [1.54, 1.807) is 0 Å². The van der Waals surface area contributed by atoms with Gasteiger partial charge in [-0.1, -0.05) is 99.7 Å². The Morgan fingerprint density at radius 3 is 2.22 bits per heavy atom. The molecule has 184 valence electrons. The van der Waals surface area contributed by atoms with Crippen molar-refractivity contribution in [2.75, 3.05) is 0 Å². The van der Waals surface area contributed by atoms with Crippen molar-refractivity contribution in [3.8, 4) is 11.3 Å². The van der Waals surface area contributed by atoms with E-state index in [0.717, 1.165) is 10.7 Å². The molecule has 37 heavy (non-hydrogen) atoms. The third kappa shape index (κ3) is 2.81. The van der Waals surface area contributed by atoms with Crippen LogP contribution in [0.5, 0.6) is 0 Å². The summed E-state index contributed by atoms with van der Waals surface area (Å²) < 4.78 is 3.89. The molecule has 0 unspecified atom stereocenters. The number of benzene rings is 4. The van der Waals surface area contributed by atoms with E-state index in [-0.39, 0.29) is 11.0 Å². The lowest BCUT2D eigenvalue weighted by atomic mass is 9.63. The number of rotatable bonds is 1. The molecule has 2 aromatic heterocycles. The van der Waals surface area contributed by atoms with Crippen molar-refractivity contribution < 1.29 is 4.57 Å². The Bertz CT molecular complexity index is 1920. The lowest BCUT2D eigenvalue weighted by Gasteiger charge is -2.46. The van der Waals surface area contributed by atoms with Crippen LogP contribution in [0.3, 0.4) is 0 Å². The average molecular weight is 502 g/mol. The molecule has 1 aliphatic heterocycles. The molecule has 7 rings (SSSR count). The molecule has 3 heteroatoms. The molecule has 0 saturated heterocycles. The van der Waals surface area contributed by atoms with E-state index >= 15 is 0 Å². The van der Waals surface area contributed by atoms with Gasteiger partial charge in [-0.3, -0.25) is 0 Å². The molecule has 0 radical (unpaired) electrons. The van der Waals surface area contributed by atoms with Gasteiger partial charge in [-0.15, -0.1) is 0 Å². The minimum Gasteiger partial charge on any atom is -0.221 e. The minimum absolute atomic E-state index is 0.103. The maximum absolute atomic E-state index is 5.27. The van der Waals surface area contributed by atoms with Crippen molar-refractivity contribution in [1.29, 1.82) is 0 Å². The number of aromatic nitrogens is 2. The molecule has 0 amide bonds. The average Bonchev–Trinajstić information content (AvgIpc) is 3.24. The molecular weight excluding hydrogens is 468 g/mol. The van der Waals surface area contributed by atoms with E-state index in [9.17, 15) is 0 Å². The van der Waals surface area contributed by atoms with Crippen LogP contribution in [0.4, 0.5) is 0 Å². The number of hydrogen-bond acceptors (Lipinski definition) is 2. The maximum atomic E-state index is 5.27. The Hall–Kier alpha value is -3.30. The second kappa shape index (κ2) is 7.39. The Balaban J connectivity index is 1.76. The summed E-state index contributed by atoms with van der Waals surface area (Å²) >= 11 is 1.84. The van der Waals surface area contributed by atoms with Crippen LogP contribution in [0, 0.1) is 6.92 Å². The largest absolute Gasteiger partial charge is 0.298 e. The van der Waals surface area contributed by atoms with Gasteiger partial charge in [-0.25, -0.2) is 4.57 Å². The number of aryl methyl sites for hydroxylation is 1. The van der Waals surface area contributed by atoms with Crippen LogP contribution >= 0.6 is 11.3 Å². The summed E-state index contributed by atoms with van der Waals surface area (Å²) in [5.41, 5.74) is 5.31. The first-order chi connectivity index (χ1) is 17.6. The lowest BCUT2D eigenvalue weighted by Crippen LogP contribution is -2.67. The molecular formula is C34H33N2S+. The Morgan fingerprint density at radius 1 is 0.811 bits per heavy atom. The second-order valence-corrected chi connectivity index (χ2v) is 13.1. The summed E-state index contributed by atoms with van der Waals surface area (Å²) in [4.78, 5) is 6.40. The highest BCUT2D eigenvalue weighted by molar-refractivity contribution is 7.26. The number of fused-ring (bicyclic) bond motifs is 11. The quantitative estimate of drug-likeness (QED) is 0.205. The molecule has 1 aliphatic rings. The molecule has 3 heterocycles. The fraction of sp³-hybridized carbons (Fsp3) is 0.294. The van der Waals surface area contributed by atoms with Gasteiger partial charge in [0.1, 0.15) is 11.2 Å². The van der Waals surface area contributed by atoms with Crippen molar-refractivity contribution in [3.63, 3.8) is 0 Å². The van der Waals surface area contributed by atoms with Crippen molar-refractivity contribution >= 4 is 53.2 Å². The fourth-order valence-electron chi connectivity index (χ4n) is 6.86. The summed E-state index contributed by atoms with van der Waals surface area (Å²) in [6, 6.07) is 24.9. The van der Waals surface area contributed by atoms with Gasteiger partial charge < -0.3 is 0 Å². The highest BCUT2D eigenvalue weighted by Gasteiger charge is 2.52. The van der Waals surface area contributed by atoms with Crippen LogP contribution in [0.1, 0.15) is 64.4 Å². The Morgan fingerprint density at radius 2 is 1.49 bits per heavy atom. The summed E-state index contributed by atoms with van der Waals surface area (Å²) in [6.45, 7) is 16.5. The first kappa shape index (κ1) is 22.9. The smallest absolute Gasteiger partial charge is 0.221 e. The van der Waals surface area contributed by atoms with Crippen LogP contribution in [-0.2, 0) is 11.0 Å². The molecule has 0 fully saturated rings. The molecule has 0 saturated carbocycles. The monoisotopic (exact) mass is 501 g/mol. The second-order valence-electron chi connectivity index (χ2n) is 12.1. The highest BCUT2D eigenvalue weighted by Crippen LogP contribution is 2.53. The van der Waals surface area contributed by atoms with Gasteiger partial charge in [-0.05, 0) is 63.5 Å². The van der Waals surface area contributed by atoms with Crippen LogP contribution in [0.25, 0.3) is 53.1 Å². The normalized spacial score (nSPS) is 16.1. The molecule has 0 atom stereocenters. The highest BCUT2D eigenvalue weighted by atomic mass is 32.1. The molecule has 0 bridgehead atoms. The SMILES string of the molecule is Cc1nc2sc3c4ccccc4ccc3c2c2[n+]1C(C)(C)C(C)(C)c1c-2cc(C(C)C)c2ccccc12. The van der Waals surface area contributed by atoms with E-state index < -0.39 is 0 Å². The van der Waals surface area contributed by atoms with E-state index in [2.05, 4.69) is 120 Å². The van der Waals surface area contributed by atoms with Crippen molar-refractivity contribution in [2.45, 2.75) is 65.3 Å². The molecule has 0 spiro atoms. The molecule has 4 aromatic carbocycles. The lowest BCUT2D eigenvalue weighted by molar-refractivity contribution is -0.766. The summed E-state index contributed by atoms with van der Waals surface area (Å²) in [5.74, 6) is 1.52. The Kier molecular flexibility index (Phi) is 4.56. The predicted molar refractivity (Wildman–Crippen MR) is 159 cm³/mol. The minimum atomic E-state index is -0.173. The summed E-state index contributed by atoms with van der Waals surface area (Å²) in [5, 5.41) is 7.99. The standard InChI is InChI=1S/C34H33N2S/c1-19(2)26-18-27-29(24-15-11-10-14-23(24)26)33(4,5)34(6,7)36-20(3)35-32-28(30(27)36)25-17-16-21-12-8-9-13-22(21)31(25)37-32/h8-19H,1-7H3/q+1. The topological polar surface area (TPSA) is 16.8 Å². The van der Waals surface area contributed by atoms with Gasteiger partial charge in [0.2, 0.25) is 4.83 Å². The molecule has 6 aromatic rings. The predicted octanol–water partition coefficient (Wildman–Crippen LogP) is 9.17. The van der Waals surface area contributed by atoms with E-state index in [0.29, 0.717) is 5.92 Å². The van der Waals surface area contributed by atoms with Crippen LogP contribution in [0.15, 0.2) is 66.7 Å². The third-order valence-corrected chi connectivity index (χ3v) is 10.4. The third-order valence-electron chi connectivity index (χ3n) is 9.28. The molecule has 2 nitrogen and oxygen atoms in total. The first-order valence-corrected chi connectivity index (χ1v) is 14.2. The van der Waals surface area contributed by atoms with Gasteiger partial charge in [0.15, 0.2) is 0 Å². The van der Waals surface area contributed by atoms with Crippen LogP contribution < -0.4 is 4.57 Å². The fourth-order valence-corrected chi connectivity index (χ4v) is 8.11. The van der Waals surface area contributed by atoms with Gasteiger partial charge in [0.05, 0.1) is 5.39 Å². The van der Waals surface area contributed by atoms with Gasteiger partial charge in [0, 0.05) is 28.0 Å². The molecule has 0 aliphatic carbocycles. The van der Waals surface area contributed by atoms with Crippen molar-refractivity contribution in [1.82, 2.24) is 4.98 Å². The first-order valence-electron chi connectivity index (χ1n) is 13.4. The zero-order chi connectivity index (χ0) is 25.9. The summed E-state index contributed by atoms with van der Waals surface area (Å²) in [7, 11) is 0. The van der Waals surface area contributed by atoms with E-state index in [4.69, 9.17) is 4.98 Å². The van der Waals surface area contributed by atoms with Crippen molar-refractivity contribution in [3.05, 3.63) is 83.7 Å².